The largest absolute Gasteiger partial charge is 0.457 e. The van der Waals surface area contributed by atoms with Crippen LogP contribution in [0.15, 0.2) is 60.8 Å². The van der Waals surface area contributed by atoms with E-state index in [0.29, 0.717) is 24.8 Å². The molecule has 1 aliphatic rings. The van der Waals surface area contributed by atoms with Gasteiger partial charge in [-0.15, -0.1) is 0 Å². The first kappa shape index (κ1) is 19.4. The van der Waals surface area contributed by atoms with Gasteiger partial charge >= 0.3 is 0 Å². The van der Waals surface area contributed by atoms with E-state index < -0.39 is 0 Å². The van der Waals surface area contributed by atoms with Crippen molar-refractivity contribution in [2.45, 2.75) is 51.5 Å². The van der Waals surface area contributed by atoms with E-state index in [2.05, 4.69) is 23.3 Å². The maximum Gasteiger partial charge on any atom is 0.220 e. The number of rotatable bonds is 6. The van der Waals surface area contributed by atoms with Gasteiger partial charge in [0.05, 0.1) is 5.52 Å². The SMILES string of the molecule is CC1CCCC(NC(=O)CCc2cnc3ccc(Oc4ccccc4)cc3c2)C1. The third-order valence-corrected chi connectivity index (χ3v) is 5.63. The van der Waals surface area contributed by atoms with Crippen molar-refractivity contribution in [1.82, 2.24) is 10.3 Å². The first-order valence-electron chi connectivity index (χ1n) is 10.6. The van der Waals surface area contributed by atoms with Crippen molar-refractivity contribution in [2.24, 2.45) is 5.92 Å². The van der Waals surface area contributed by atoms with Gasteiger partial charge in [0, 0.05) is 24.0 Å². The summed E-state index contributed by atoms with van der Waals surface area (Å²) in [5.74, 6) is 2.45. The Labute approximate surface area is 172 Å². The molecular formula is C25H28N2O2. The summed E-state index contributed by atoms with van der Waals surface area (Å²) in [6.45, 7) is 2.27. The van der Waals surface area contributed by atoms with Crippen LogP contribution in [0.5, 0.6) is 11.5 Å². The lowest BCUT2D eigenvalue weighted by Crippen LogP contribution is -2.38. The zero-order chi connectivity index (χ0) is 20.1. The number of fused-ring (bicyclic) bond motifs is 1. The first-order chi connectivity index (χ1) is 14.2. The fourth-order valence-electron chi connectivity index (χ4n) is 4.10. The Hall–Kier alpha value is -2.88. The Morgan fingerprint density at radius 3 is 2.79 bits per heavy atom. The number of ether oxygens (including phenoxy) is 1. The van der Waals surface area contributed by atoms with Crippen molar-refractivity contribution < 1.29 is 9.53 Å². The Morgan fingerprint density at radius 2 is 1.97 bits per heavy atom. The molecule has 1 amide bonds. The second kappa shape index (κ2) is 9.08. The van der Waals surface area contributed by atoms with Gasteiger partial charge in [-0.05, 0) is 67.1 Å². The van der Waals surface area contributed by atoms with Crippen molar-refractivity contribution in [3.05, 3.63) is 66.4 Å². The molecule has 29 heavy (non-hydrogen) atoms. The smallest absolute Gasteiger partial charge is 0.220 e. The molecular weight excluding hydrogens is 360 g/mol. The van der Waals surface area contributed by atoms with E-state index in [9.17, 15) is 4.79 Å². The molecule has 3 aromatic rings. The molecule has 1 N–H and O–H groups in total. The van der Waals surface area contributed by atoms with Gasteiger partial charge in [0.15, 0.2) is 0 Å². The first-order valence-corrected chi connectivity index (χ1v) is 10.6. The molecule has 0 bridgehead atoms. The predicted octanol–water partition coefficient (Wildman–Crippen LogP) is 5.65. The van der Waals surface area contributed by atoms with E-state index in [-0.39, 0.29) is 5.91 Å². The number of nitrogens with zero attached hydrogens (tertiary/aromatic N) is 1. The molecule has 1 aromatic heterocycles. The monoisotopic (exact) mass is 388 g/mol. The second-order valence-electron chi connectivity index (χ2n) is 8.15. The molecule has 0 aliphatic heterocycles. The predicted molar refractivity (Wildman–Crippen MR) is 116 cm³/mol. The summed E-state index contributed by atoms with van der Waals surface area (Å²) < 4.78 is 5.93. The lowest BCUT2D eigenvalue weighted by molar-refractivity contribution is -0.122. The van der Waals surface area contributed by atoms with Crippen LogP contribution < -0.4 is 10.1 Å². The van der Waals surface area contributed by atoms with Gasteiger partial charge in [0.1, 0.15) is 11.5 Å². The minimum Gasteiger partial charge on any atom is -0.457 e. The Kier molecular flexibility index (Phi) is 6.09. The number of benzene rings is 2. The number of hydrogen-bond acceptors (Lipinski definition) is 3. The fourth-order valence-corrected chi connectivity index (χ4v) is 4.10. The molecule has 1 heterocycles. The zero-order valence-corrected chi connectivity index (χ0v) is 16.9. The van der Waals surface area contributed by atoms with Crippen molar-refractivity contribution >= 4 is 16.8 Å². The van der Waals surface area contributed by atoms with E-state index in [4.69, 9.17) is 4.74 Å². The van der Waals surface area contributed by atoms with Gasteiger partial charge in [-0.2, -0.15) is 0 Å². The summed E-state index contributed by atoms with van der Waals surface area (Å²) in [6.07, 6.45) is 7.78. The summed E-state index contributed by atoms with van der Waals surface area (Å²) in [5, 5.41) is 4.24. The summed E-state index contributed by atoms with van der Waals surface area (Å²) in [4.78, 5) is 16.9. The number of carbonyl (C=O) groups is 1. The lowest BCUT2D eigenvalue weighted by atomic mass is 9.87. The quantitative estimate of drug-likeness (QED) is 0.593. The molecule has 4 heteroatoms. The van der Waals surface area contributed by atoms with E-state index in [1.165, 1.54) is 12.8 Å². The fraction of sp³-hybridized carbons (Fsp3) is 0.360. The van der Waals surface area contributed by atoms with Crippen molar-refractivity contribution in [1.29, 1.82) is 0 Å². The summed E-state index contributed by atoms with van der Waals surface area (Å²) >= 11 is 0. The van der Waals surface area contributed by atoms with Crippen LogP contribution in [0.4, 0.5) is 0 Å². The van der Waals surface area contributed by atoms with E-state index in [0.717, 1.165) is 40.8 Å². The summed E-state index contributed by atoms with van der Waals surface area (Å²) in [5.41, 5.74) is 2.00. The van der Waals surface area contributed by atoms with E-state index in [1.807, 2.05) is 54.7 Å². The second-order valence-corrected chi connectivity index (χ2v) is 8.15. The van der Waals surface area contributed by atoms with Crippen LogP contribution in [-0.4, -0.2) is 16.9 Å². The molecule has 0 saturated heterocycles. The lowest BCUT2D eigenvalue weighted by Gasteiger charge is -2.27. The molecule has 0 radical (unpaired) electrons. The third-order valence-electron chi connectivity index (χ3n) is 5.63. The highest BCUT2D eigenvalue weighted by atomic mass is 16.5. The van der Waals surface area contributed by atoms with Gasteiger partial charge in [0.2, 0.25) is 5.91 Å². The third kappa shape index (κ3) is 5.35. The molecule has 0 spiro atoms. The van der Waals surface area contributed by atoms with Gasteiger partial charge < -0.3 is 10.1 Å². The van der Waals surface area contributed by atoms with Crippen molar-refractivity contribution in [3.8, 4) is 11.5 Å². The standard InChI is InChI=1S/C25H28N2O2/c1-18-6-5-7-21(14-18)27-25(28)13-10-19-15-20-16-23(11-12-24(20)26-17-19)29-22-8-3-2-4-9-22/h2-4,8-9,11-12,15-18,21H,5-7,10,13-14H2,1H3,(H,27,28). The highest BCUT2D eigenvalue weighted by molar-refractivity contribution is 5.81. The highest BCUT2D eigenvalue weighted by Crippen LogP contribution is 2.26. The normalized spacial score (nSPS) is 19.1. The van der Waals surface area contributed by atoms with Crippen LogP contribution in [0.3, 0.4) is 0 Å². The van der Waals surface area contributed by atoms with Crippen molar-refractivity contribution in [2.75, 3.05) is 0 Å². The highest BCUT2D eigenvalue weighted by Gasteiger charge is 2.20. The molecule has 150 valence electrons. The maximum atomic E-state index is 12.4. The van der Waals surface area contributed by atoms with Crippen LogP contribution in [0, 0.1) is 5.92 Å². The number of aryl methyl sites for hydroxylation is 1. The van der Waals surface area contributed by atoms with Gasteiger partial charge in [0.25, 0.3) is 0 Å². The number of nitrogens with one attached hydrogen (secondary N) is 1. The van der Waals surface area contributed by atoms with Crippen LogP contribution in [0.1, 0.15) is 44.6 Å². The average molecular weight is 389 g/mol. The Balaban J connectivity index is 1.38. The number of amides is 1. The van der Waals surface area contributed by atoms with Gasteiger partial charge in [-0.3, -0.25) is 9.78 Å². The van der Waals surface area contributed by atoms with Gasteiger partial charge in [-0.25, -0.2) is 0 Å². The number of hydrogen-bond donors (Lipinski definition) is 1. The average Bonchev–Trinajstić information content (AvgIpc) is 2.73. The molecule has 1 saturated carbocycles. The van der Waals surface area contributed by atoms with Crippen LogP contribution in [0.2, 0.25) is 0 Å². The van der Waals surface area contributed by atoms with E-state index in [1.54, 1.807) is 0 Å². The minimum atomic E-state index is 0.144. The maximum absolute atomic E-state index is 12.4. The number of para-hydroxylation sites is 1. The molecule has 1 fully saturated rings. The molecule has 4 rings (SSSR count). The topological polar surface area (TPSA) is 51.2 Å². The number of pyridine rings is 1. The van der Waals surface area contributed by atoms with Crippen molar-refractivity contribution in [3.63, 3.8) is 0 Å². The summed E-state index contributed by atoms with van der Waals surface area (Å²) in [6, 6.07) is 18.1. The zero-order valence-electron chi connectivity index (χ0n) is 16.9. The van der Waals surface area contributed by atoms with E-state index >= 15 is 0 Å². The van der Waals surface area contributed by atoms with Crippen LogP contribution >= 0.6 is 0 Å². The Bertz CT molecular complexity index is 971. The number of carbonyl (C=O) groups excluding carboxylic acids is 1. The van der Waals surface area contributed by atoms with Crippen LogP contribution in [-0.2, 0) is 11.2 Å². The molecule has 2 aromatic carbocycles. The minimum absolute atomic E-state index is 0.144. The van der Waals surface area contributed by atoms with Crippen LogP contribution in [0.25, 0.3) is 10.9 Å². The molecule has 1 aliphatic carbocycles. The number of aromatic nitrogens is 1. The molecule has 2 atom stereocenters. The summed E-state index contributed by atoms with van der Waals surface area (Å²) in [7, 11) is 0. The Morgan fingerprint density at radius 1 is 1.10 bits per heavy atom. The molecule has 2 unspecified atom stereocenters. The molecule has 4 nitrogen and oxygen atoms in total. The van der Waals surface area contributed by atoms with Gasteiger partial charge in [-0.1, -0.05) is 38.0 Å².